The molecule has 0 aliphatic rings. The van der Waals surface area contributed by atoms with Crippen molar-refractivity contribution < 1.29 is 18.3 Å². The van der Waals surface area contributed by atoms with Gasteiger partial charge in [-0.05, 0) is 60.2 Å². The van der Waals surface area contributed by atoms with Gasteiger partial charge in [-0.2, -0.15) is 0 Å². The highest BCUT2D eigenvalue weighted by Crippen LogP contribution is 2.37. The van der Waals surface area contributed by atoms with Crippen LogP contribution in [0.15, 0.2) is 90.5 Å². The zero-order valence-corrected chi connectivity index (χ0v) is 18.8. The molecule has 9 heteroatoms. The second-order valence-corrected chi connectivity index (χ2v) is 9.03. The van der Waals surface area contributed by atoms with Gasteiger partial charge in [0.25, 0.3) is 5.56 Å². The minimum absolute atomic E-state index is 0.0604. The molecule has 0 aliphatic carbocycles. The number of hydrogen-bond acceptors (Lipinski definition) is 5. The third-order valence-corrected chi connectivity index (χ3v) is 6.61. The molecule has 0 saturated carbocycles. The molecule has 2 aromatic heterocycles. The quantitative estimate of drug-likeness (QED) is 0.311. The molecule has 0 bridgehead atoms. The lowest BCUT2D eigenvalue weighted by Gasteiger charge is -2.14. The summed E-state index contributed by atoms with van der Waals surface area (Å²) in [7, 11) is 0. The van der Waals surface area contributed by atoms with Crippen LogP contribution in [0.25, 0.3) is 21.9 Å². The lowest BCUT2D eigenvalue weighted by Crippen LogP contribution is -2.23. The summed E-state index contributed by atoms with van der Waals surface area (Å²) < 4.78 is 33.5. The predicted octanol–water partition coefficient (Wildman–Crippen LogP) is 5.94. The lowest BCUT2D eigenvalue weighted by molar-refractivity contribution is 0.446. The Kier molecular flexibility index (Phi) is 5.63. The molecule has 0 amide bonds. The van der Waals surface area contributed by atoms with E-state index in [9.17, 15) is 23.5 Å². The van der Waals surface area contributed by atoms with Gasteiger partial charge in [0.2, 0.25) is 0 Å². The molecule has 5 aromatic rings. The van der Waals surface area contributed by atoms with Gasteiger partial charge >= 0.3 is 5.63 Å². The molecule has 0 saturated heterocycles. The summed E-state index contributed by atoms with van der Waals surface area (Å²) in [6.07, 6.45) is 0. The average molecular weight is 498 g/mol. The fourth-order valence-corrected chi connectivity index (χ4v) is 4.70. The number of aromatic nitrogens is 1. The van der Waals surface area contributed by atoms with Crippen molar-refractivity contribution in [2.75, 3.05) is 0 Å². The average Bonchev–Trinajstić information content (AvgIpc) is 2.81. The molecule has 5 rings (SSSR count). The molecule has 0 fully saturated rings. The van der Waals surface area contributed by atoms with E-state index in [1.165, 1.54) is 41.0 Å². The van der Waals surface area contributed by atoms with Crippen molar-refractivity contribution in [3.05, 3.63) is 110 Å². The van der Waals surface area contributed by atoms with Crippen LogP contribution in [0.1, 0.15) is 5.56 Å². The van der Waals surface area contributed by atoms with Crippen LogP contribution in [0.2, 0.25) is 5.02 Å². The number of pyridine rings is 1. The molecule has 0 unspecified atom stereocenters. The molecule has 5 nitrogen and oxygen atoms in total. The van der Waals surface area contributed by atoms with Gasteiger partial charge in [-0.1, -0.05) is 35.5 Å². The fourth-order valence-electron chi connectivity index (χ4n) is 3.70. The van der Waals surface area contributed by atoms with Crippen molar-refractivity contribution in [1.82, 2.24) is 4.57 Å². The van der Waals surface area contributed by atoms with Crippen LogP contribution >= 0.6 is 23.4 Å². The van der Waals surface area contributed by atoms with Gasteiger partial charge in [0.1, 0.15) is 21.9 Å². The summed E-state index contributed by atoms with van der Waals surface area (Å²) >= 11 is 7.03. The van der Waals surface area contributed by atoms with Crippen molar-refractivity contribution in [3.8, 4) is 5.75 Å². The smallest absolute Gasteiger partial charge is 0.354 e. The number of nitrogens with zero attached hydrogens (tertiary/aromatic N) is 1. The van der Waals surface area contributed by atoms with E-state index in [1.54, 1.807) is 30.3 Å². The van der Waals surface area contributed by atoms with Gasteiger partial charge in [0, 0.05) is 15.3 Å². The van der Waals surface area contributed by atoms with Gasteiger partial charge < -0.3 is 14.1 Å². The van der Waals surface area contributed by atoms with Crippen LogP contribution in [-0.2, 0) is 6.54 Å². The van der Waals surface area contributed by atoms with E-state index in [2.05, 4.69) is 0 Å². The van der Waals surface area contributed by atoms with Crippen LogP contribution in [-0.4, -0.2) is 9.67 Å². The highest BCUT2D eigenvalue weighted by Gasteiger charge is 2.22. The highest BCUT2D eigenvalue weighted by molar-refractivity contribution is 7.99. The summed E-state index contributed by atoms with van der Waals surface area (Å²) in [5.41, 5.74) is -0.502. The van der Waals surface area contributed by atoms with Crippen LogP contribution in [0, 0.1) is 11.6 Å². The summed E-state index contributed by atoms with van der Waals surface area (Å²) in [6.45, 7) is 0.0604. The maximum Gasteiger partial charge on any atom is 0.354 e. The second-order valence-electron chi connectivity index (χ2n) is 7.51. The zero-order valence-electron chi connectivity index (χ0n) is 17.2. The lowest BCUT2D eigenvalue weighted by atomic mass is 10.1. The highest BCUT2D eigenvalue weighted by atomic mass is 35.5. The topological polar surface area (TPSA) is 72.4 Å². The van der Waals surface area contributed by atoms with Crippen LogP contribution < -0.4 is 11.2 Å². The van der Waals surface area contributed by atoms with Crippen molar-refractivity contribution in [3.63, 3.8) is 0 Å². The Labute approximate surface area is 199 Å². The standard InChI is InChI=1S/C25H14ClF2NO4S/c26-14-3-10-18-19(11-14)29(12-13-1-4-15(27)5-2-13)24(31)20-21(30)23(25(32)33-22(18)20)34-17-8-6-16(28)7-9-17/h1-11,30H,12H2. The minimum atomic E-state index is -0.841. The van der Waals surface area contributed by atoms with Crippen molar-refractivity contribution in [2.24, 2.45) is 0 Å². The molecule has 170 valence electrons. The second kappa shape index (κ2) is 8.62. The minimum Gasteiger partial charge on any atom is -0.505 e. The number of aromatic hydroxyl groups is 1. The maximum absolute atomic E-state index is 13.6. The SMILES string of the molecule is O=c1oc2c(c(O)c1Sc1ccc(F)cc1)c(=O)n(Cc1ccc(F)cc1)c1cc(Cl)ccc21. The molecular formula is C25H14ClF2NO4S. The Bertz CT molecular complexity index is 1680. The molecule has 0 radical (unpaired) electrons. The van der Waals surface area contributed by atoms with Gasteiger partial charge in [0.15, 0.2) is 11.3 Å². The van der Waals surface area contributed by atoms with Gasteiger partial charge in [-0.25, -0.2) is 13.6 Å². The van der Waals surface area contributed by atoms with Crippen molar-refractivity contribution in [2.45, 2.75) is 16.3 Å². The van der Waals surface area contributed by atoms with E-state index < -0.39 is 28.6 Å². The number of halogens is 3. The Hall–Kier alpha value is -3.62. The summed E-state index contributed by atoms with van der Waals surface area (Å²) in [4.78, 5) is 26.6. The molecule has 34 heavy (non-hydrogen) atoms. The van der Waals surface area contributed by atoms with Crippen molar-refractivity contribution >= 4 is 45.2 Å². The zero-order chi connectivity index (χ0) is 24.0. The van der Waals surface area contributed by atoms with Gasteiger partial charge in [-0.3, -0.25) is 4.79 Å². The van der Waals surface area contributed by atoms with E-state index >= 15 is 0 Å². The Balaban J connectivity index is 1.78. The first-order valence-electron chi connectivity index (χ1n) is 10.0. The Morgan fingerprint density at radius 1 is 0.941 bits per heavy atom. The number of fused-ring (bicyclic) bond motifs is 3. The van der Waals surface area contributed by atoms with Crippen LogP contribution in [0.4, 0.5) is 8.78 Å². The third-order valence-electron chi connectivity index (χ3n) is 5.30. The van der Waals surface area contributed by atoms with E-state index in [0.29, 0.717) is 26.4 Å². The summed E-state index contributed by atoms with van der Waals surface area (Å²) in [5, 5.41) is 11.6. The number of rotatable bonds is 4. The molecule has 0 atom stereocenters. The first-order chi connectivity index (χ1) is 16.3. The van der Waals surface area contributed by atoms with Crippen molar-refractivity contribution in [1.29, 1.82) is 0 Å². The Morgan fingerprint density at radius 3 is 2.26 bits per heavy atom. The molecule has 2 heterocycles. The molecule has 0 aliphatic heterocycles. The van der Waals surface area contributed by atoms with E-state index in [1.807, 2.05) is 0 Å². The molecule has 1 N–H and O–H groups in total. The maximum atomic E-state index is 13.6. The normalized spacial score (nSPS) is 11.4. The van der Waals surface area contributed by atoms with E-state index in [-0.39, 0.29) is 22.4 Å². The van der Waals surface area contributed by atoms with Crippen LogP contribution in [0.3, 0.4) is 0 Å². The first kappa shape index (κ1) is 22.2. The summed E-state index contributed by atoms with van der Waals surface area (Å²) in [6, 6.07) is 15.7. The fraction of sp³-hybridized carbons (Fsp3) is 0.0400. The molecule has 3 aromatic carbocycles. The van der Waals surface area contributed by atoms with Gasteiger partial charge in [0.05, 0.1) is 12.1 Å². The number of benzene rings is 3. The molecule has 0 spiro atoms. The predicted molar refractivity (Wildman–Crippen MR) is 127 cm³/mol. The van der Waals surface area contributed by atoms with Crippen LogP contribution in [0.5, 0.6) is 5.75 Å². The number of hydrogen-bond donors (Lipinski definition) is 1. The monoisotopic (exact) mass is 497 g/mol. The summed E-state index contributed by atoms with van der Waals surface area (Å²) in [5.74, 6) is -1.40. The van der Waals surface area contributed by atoms with Gasteiger partial charge in [-0.15, -0.1) is 0 Å². The van der Waals surface area contributed by atoms with E-state index in [4.69, 9.17) is 16.0 Å². The van der Waals surface area contributed by atoms with E-state index in [0.717, 1.165) is 11.8 Å². The first-order valence-corrected chi connectivity index (χ1v) is 11.2. The largest absolute Gasteiger partial charge is 0.505 e. The molecular weight excluding hydrogens is 484 g/mol. The third kappa shape index (κ3) is 3.95. The Morgan fingerprint density at radius 2 is 1.59 bits per heavy atom.